The Bertz CT molecular complexity index is 947. The Morgan fingerprint density at radius 1 is 1.03 bits per heavy atom. The second kappa shape index (κ2) is 9.32. The lowest BCUT2D eigenvalue weighted by Crippen LogP contribution is -2.51. The minimum atomic E-state index is 0.0211. The molecular formula is C24H27N3O2S. The molecule has 1 amide bonds. The molecule has 2 N–H and O–H groups in total. The third-order valence-electron chi connectivity index (χ3n) is 5.54. The molecular weight excluding hydrogens is 394 g/mol. The van der Waals surface area contributed by atoms with Crippen LogP contribution in [0.25, 0.3) is 0 Å². The molecule has 0 bridgehead atoms. The number of aromatic hydroxyl groups is 1. The first-order chi connectivity index (χ1) is 14.6. The molecule has 1 aromatic heterocycles. The van der Waals surface area contributed by atoms with E-state index in [1.165, 1.54) is 16.0 Å². The number of piperazine rings is 1. The lowest BCUT2D eigenvalue weighted by atomic mass is 10.0. The summed E-state index contributed by atoms with van der Waals surface area (Å²) in [5, 5.41) is 15.0. The Balaban J connectivity index is 1.35. The van der Waals surface area contributed by atoms with E-state index in [-0.39, 0.29) is 17.7 Å². The lowest BCUT2D eigenvalue weighted by Gasteiger charge is -2.36. The number of hydrogen-bond acceptors (Lipinski definition) is 5. The predicted octanol–water partition coefficient (Wildman–Crippen LogP) is 3.79. The van der Waals surface area contributed by atoms with Crippen LogP contribution in [0.5, 0.6) is 5.75 Å². The van der Waals surface area contributed by atoms with Gasteiger partial charge >= 0.3 is 0 Å². The van der Waals surface area contributed by atoms with Gasteiger partial charge in [0, 0.05) is 36.7 Å². The van der Waals surface area contributed by atoms with Crippen LogP contribution < -0.4 is 10.2 Å². The van der Waals surface area contributed by atoms with E-state index in [0.29, 0.717) is 19.6 Å². The number of phenols is 1. The minimum Gasteiger partial charge on any atom is -0.508 e. The maximum Gasteiger partial charge on any atom is 0.236 e. The van der Waals surface area contributed by atoms with Crippen LogP contribution in [0.15, 0.2) is 66.0 Å². The Morgan fingerprint density at radius 3 is 2.37 bits per heavy atom. The molecule has 3 aromatic rings. The molecule has 30 heavy (non-hydrogen) atoms. The maximum atomic E-state index is 12.9. The van der Waals surface area contributed by atoms with Gasteiger partial charge in [0.25, 0.3) is 0 Å². The van der Waals surface area contributed by atoms with Gasteiger partial charge in [-0.3, -0.25) is 10.1 Å². The van der Waals surface area contributed by atoms with Crippen molar-refractivity contribution in [1.82, 2.24) is 10.2 Å². The van der Waals surface area contributed by atoms with Crippen LogP contribution in [0.2, 0.25) is 0 Å². The third kappa shape index (κ3) is 4.83. The normalized spacial score (nSPS) is 15.2. The third-order valence-corrected chi connectivity index (χ3v) is 6.48. The summed E-state index contributed by atoms with van der Waals surface area (Å²) in [5.74, 6) is 0.404. The number of nitrogens with one attached hydrogen (secondary N) is 1. The van der Waals surface area contributed by atoms with E-state index in [4.69, 9.17) is 0 Å². The zero-order chi connectivity index (χ0) is 20.9. The first-order valence-electron chi connectivity index (χ1n) is 10.3. The van der Waals surface area contributed by atoms with E-state index >= 15 is 0 Å². The van der Waals surface area contributed by atoms with Crippen LogP contribution in [-0.2, 0) is 4.79 Å². The summed E-state index contributed by atoms with van der Waals surface area (Å²) >= 11 is 1.70. The number of benzene rings is 2. The van der Waals surface area contributed by atoms with Crippen molar-refractivity contribution in [3.8, 4) is 5.75 Å². The van der Waals surface area contributed by atoms with Crippen molar-refractivity contribution in [2.75, 3.05) is 37.6 Å². The molecule has 2 aromatic carbocycles. The second-order valence-electron chi connectivity index (χ2n) is 7.62. The highest BCUT2D eigenvalue weighted by molar-refractivity contribution is 7.10. The van der Waals surface area contributed by atoms with E-state index in [1.54, 1.807) is 23.5 Å². The summed E-state index contributed by atoms with van der Waals surface area (Å²) in [6, 6.07) is 19.9. The summed E-state index contributed by atoms with van der Waals surface area (Å²) in [6.07, 6.45) is 0. The van der Waals surface area contributed by atoms with Gasteiger partial charge in [-0.15, -0.1) is 11.3 Å². The topological polar surface area (TPSA) is 55.8 Å². The van der Waals surface area contributed by atoms with Gasteiger partial charge in [0.1, 0.15) is 5.75 Å². The number of amides is 1. The molecule has 1 aliphatic rings. The lowest BCUT2D eigenvalue weighted by molar-refractivity contribution is -0.130. The average Bonchev–Trinajstić information content (AvgIpc) is 3.30. The average molecular weight is 422 g/mol. The molecule has 1 aliphatic heterocycles. The van der Waals surface area contributed by atoms with E-state index in [1.807, 2.05) is 23.1 Å². The molecule has 1 atom stereocenters. The van der Waals surface area contributed by atoms with Crippen molar-refractivity contribution in [3.63, 3.8) is 0 Å². The van der Waals surface area contributed by atoms with Crippen LogP contribution in [-0.4, -0.2) is 48.6 Å². The maximum absolute atomic E-state index is 12.9. The van der Waals surface area contributed by atoms with Crippen molar-refractivity contribution in [2.24, 2.45) is 0 Å². The SMILES string of the molecule is Cc1ccc([C@@H](NCC(=O)N2CCN(c3ccc(O)cc3)CC2)c2cccs2)cc1. The monoisotopic (exact) mass is 421 g/mol. The van der Waals surface area contributed by atoms with Gasteiger partial charge < -0.3 is 14.9 Å². The van der Waals surface area contributed by atoms with Crippen molar-refractivity contribution < 1.29 is 9.90 Å². The van der Waals surface area contributed by atoms with Gasteiger partial charge in [0.15, 0.2) is 0 Å². The summed E-state index contributed by atoms with van der Waals surface area (Å²) in [4.78, 5) is 18.3. The molecule has 6 heteroatoms. The van der Waals surface area contributed by atoms with Crippen LogP contribution in [0.1, 0.15) is 22.0 Å². The first-order valence-corrected chi connectivity index (χ1v) is 11.1. The molecule has 0 unspecified atom stereocenters. The van der Waals surface area contributed by atoms with Gasteiger partial charge in [0.2, 0.25) is 5.91 Å². The molecule has 0 aliphatic carbocycles. The standard InChI is InChI=1S/C24H27N3O2S/c1-18-4-6-19(7-5-18)24(22-3-2-16-30-22)25-17-23(29)27-14-12-26(13-15-27)20-8-10-21(28)11-9-20/h2-11,16,24-25,28H,12-15,17H2,1H3/t24-/m1/s1. The highest BCUT2D eigenvalue weighted by Gasteiger charge is 2.23. The molecule has 5 nitrogen and oxygen atoms in total. The Kier molecular flexibility index (Phi) is 6.35. The zero-order valence-electron chi connectivity index (χ0n) is 17.1. The number of anilines is 1. The highest BCUT2D eigenvalue weighted by atomic mass is 32.1. The molecule has 2 heterocycles. The van der Waals surface area contributed by atoms with Gasteiger partial charge in [-0.05, 0) is 48.2 Å². The van der Waals surface area contributed by atoms with E-state index in [9.17, 15) is 9.90 Å². The number of nitrogens with zero attached hydrogens (tertiary/aromatic N) is 2. The van der Waals surface area contributed by atoms with Crippen molar-refractivity contribution >= 4 is 22.9 Å². The number of thiophene rings is 1. The molecule has 1 fully saturated rings. The van der Waals surface area contributed by atoms with Crippen LogP contribution in [0, 0.1) is 6.92 Å². The van der Waals surface area contributed by atoms with Crippen LogP contribution in [0.4, 0.5) is 5.69 Å². The molecule has 1 saturated heterocycles. The number of rotatable bonds is 6. The molecule has 4 rings (SSSR count). The largest absolute Gasteiger partial charge is 0.508 e. The number of hydrogen-bond donors (Lipinski definition) is 2. The summed E-state index contributed by atoms with van der Waals surface area (Å²) in [7, 11) is 0. The molecule has 0 spiro atoms. The van der Waals surface area contributed by atoms with Gasteiger partial charge in [-0.25, -0.2) is 0 Å². The fraction of sp³-hybridized carbons (Fsp3) is 0.292. The summed E-state index contributed by atoms with van der Waals surface area (Å²) < 4.78 is 0. The molecule has 0 radical (unpaired) electrons. The van der Waals surface area contributed by atoms with Crippen LogP contribution in [0.3, 0.4) is 0 Å². The van der Waals surface area contributed by atoms with Gasteiger partial charge in [0.05, 0.1) is 12.6 Å². The van der Waals surface area contributed by atoms with Crippen LogP contribution >= 0.6 is 11.3 Å². The molecule has 0 saturated carbocycles. The zero-order valence-corrected chi connectivity index (χ0v) is 17.9. The fourth-order valence-electron chi connectivity index (χ4n) is 3.78. The van der Waals surface area contributed by atoms with Gasteiger partial charge in [-0.1, -0.05) is 35.9 Å². The fourth-order valence-corrected chi connectivity index (χ4v) is 4.60. The quantitative estimate of drug-likeness (QED) is 0.636. The van der Waals surface area contributed by atoms with Crippen molar-refractivity contribution in [1.29, 1.82) is 0 Å². The Morgan fingerprint density at radius 2 is 1.73 bits per heavy atom. The first kappa shape index (κ1) is 20.4. The van der Waals surface area contributed by atoms with Crippen molar-refractivity contribution in [2.45, 2.75) is 13.0 Å². The Labute approximate surface area is 181 Å². The number of aryl methyl sites for hydroxylation is 1. The second-order valence-corrected chi connectivity index (χ2v) is 8.60. The van der Waals surface area contributed by atoms with Crippen molar-refractivity contribution in [3.05, 3.63) is 82.0 Å². The highest BCUT2D eigenvalue weighted by Crippen LogP contribution is 2.26. The number of carbonyl (C=O) groups is 1. The Hall–Kier alpha value is -2.83. The summed E-state index contributed by atoms with van der Waals surface area (Å²) in [5.41, 5.74) is 3.48. The van der Waals surface area contributed by atoms with E-state index in [2.05, 4.69) is 52.9 Å². The molecule has 156 valence electrons. The number of carbonyl (C=O) groups excluding carboxylic acids is 1. The predicted molar refractivity (Wildman–Crippen MR) is 122 cm³/mol. The van der Waals surface area contributed by atoms with Gasteiger partial charge in [-0.2, -0.15) is 0 Å². The summed E-state index contributed by atoms with van der Waals surface area (Å²) in [6.45, 7) is 5.39. The van der Waals surface area contributed by atoms with E-state index in [0.717, 1.165) is 18.8 Å². The van der Waals surface area contributed by atoms with E-state index < -0.39 is 0 Å². The smallest absolute Gasteiger partial charge is 0.236 e. The minimum absolute atomic E-state index is 0.0211. The number of phenolic OH excluding ortho intramolecular Hbond substituents is 1.